The highest BCUT2D eigenvalue weighted by molar-refractivity contribution is 5.78. The predicted octanol–water partition coefficient (Wildman–Crippen LogP) is 3.21. The SMILES string of the molecule is Cc1ccc(OCC(=O)NCCNC(=O)CC23CC4CC(CC(C4)C2)C3)cc1. The number of nitrogens with one attached hydrogen (secondary N) is 2. The summed E-state index contributed by atoms with van der Waals surface area (Å²) in [5.41, 5.74) is 1.42. The fraction of sp³-hybridized carbons (Fsp3) is 0.652. The minimum absolute atomic E-state index is 0.00964. The van der Waals surface area contributed by atoms with E-state index in [1.54, 1.807) is 0 Å². The van der Waals surface area contributed by atoms with E-state index < -0.39 is 0 Å². The Morgan fingerprint density at radius 2 is 1.46 bits per heavy atom. The Labute approximate surface area is 167 Å². The summed E-state index contributed by atoms with van der Waals surface area (Å²) >= 11 is 0. The molecule has 5 nitrogen and oxygen atoms in total. The van der Waals surface area contributed by atoms with Crippen LogP contribution < -0.4 is 15.4 Å². The lowest BCUT2D eigenvalue weighted by Gasteiger charge is -2.56. The summed E-state index contributed by atoms with van der Waals surface area (Å²) in [7, 11) is 0. The molecule has 0 aliphatic heterocycles. The molecule has 2 N–H and O–H groups in total. The molecule has 0 radical (unpaired) electrons. The van der Waals surface area contributed by atoms with Crippen LogP contribution in [0.1, 0.15) is 50.5 Å². The van der Waals surface area contributed by atoms with Gasteiger partial charge in [0.05, 0.1) is 0 Å². The van der Waals surface area contributed by atoms with Gasteiger partial charge in [0.1, 0.15) is 5.75 Å². The van der Waals surface area contributed by atoms with E-state index in [4.69, 9.17) is 4.74 Å². The average molecular weight is 385 g/mol. The summed E-state index contributed by atoms with van der Waals surface area (Å²) in [6.45, 7) is 2.91. The predicted molar refractivity (Wildman–Crippen MR) is 108 cm³/mol. The number of carbonyl (C=O) groups is 2. The van der Waals surface area contributed by atoms with Gasteiger partial charge in [-0.3, -0.25) is 9.59 Å². The van der Waals surface area contributed by atoms with Crippen LogP contribution in [-0.2, 0) is 9.59 Å². The topological polar surface area (TPSA) is 67.4 Å². The lowest BCUT2D eigenvalue weighted by atomic mass is 9.49. The number of amides is 2. The Morgan fingerprint density at radius 3 is 2.04 bits per heavy atom. The number of hydrogen-bond donors (Lipinski definition) is 2. The van der Waals surface area contributed by atoms with Crippen LogP contribution in [-0.4, -0.2) is 31.5 Å². The molecule has 2 amide bonds. The van der Waals surface area contributed by atoms with Gasteiger partial charge in [0.2, 0.25) is 5.91 Å². The molecule has 0 heterocycles. The zero-order chi connectivity index (χ0) is 19.6. The molecule has 0 atom stereocenters. The van der Waals surface area contributed by atoms with E-state index in [0.29, 0.717) is 25.3 Å². The third-order valence-electron chi connectivity index (χ3n) is 6.86. The van der Waals surface area contributed by atoms with Gasteiger partial charge in [-0.15, -0.1) is 0 Å². The maximum Gasteiger partial charge on any atom is 0.258 e. The molecule has 0 spiro atoms. The lowest BCUT2D eigenvalue weighted by molar-refractivity contribution is -0.129. The van der Waals surface area contributed by atoms with Gasteiger partial charge in [0.25, 0.3) is 5.91 Å². The molecule has 4 aliphatic carbocycles. The smallest absolute Gasteiger partial charge is 0.258 e. The van der Waals surface area contributed by atoms with E-state index in [0.717, 1.165) is 23.3 Å². The van der Waals surface area contributed by atoms with Crippen molar-refractivity contribution in [1.82, 2.24) is 10.6 Å². The first-order valence-corrected chi connectivity index (χ1v) is 10.7. The van der Waals surface area contributed by atoms with Crippen LogP contribution >= 0.6 is 0 Å². The highest BCUT2D eigenvalue weighted by atomic mass is 16.5. The second kappa shape index (κ2) is 8.14. The van der Waals surface area contributed by atoms with Crippen molar-refractivity contribution in [3.05, 3.63) is 29.8 Å². The number of benzene rings is 1. The molecule has 5 rings (SSSR count). The van der Waals surface area contributed by atoms with Gasteiger partial charge in [-0.05, 0) is 80.8 Å². The average Bonchev–Trinajstić information content (AvgIpc) is 2.63. The molecular weight excluding hydrogens is 352 g/mol. The third kappa shape index (κ3) is 4.68. The van der Waals surface area contributed by atoms with Crippen molar-refractivity contribution in [1.29, 1.82) is 0 Å². The Kier molecular flexibility index (Phi) is 5.61. The summed E-state index contributed by atoms with van der Waals surface area (Å²) in [5, 5.41) is 5.80. The zero-order valence-electron chi connectivity index (χ0n) is 16.8. The normalized spacial score (nSPS) is 30.1. The number of aryl methyl sites for hydroxylation is 1. The van der Waals surface area contributed by atoms with E-state index in [1.165, 1.54) is 38.5 Å². The van der Waals surface area contributed by atoms with Crippen LogP contribution in [0.3, 0.4) is 0 Å². The van der Waals surface area contributed by atoms with Gasteiger partial charge in [0, 0.05) is 19.5 Å². The summed E-state index contributed by atoms with van der Waals surface area (Å²) < 4.78 is 5.46. The second-order valence-electron chi connectivity index (χ2n) is 9.40. The van der Waals surface area contributed by atoms with Gasteiger partial charge in [-0.25, -0.2) is 0 Å². The summed E-state index contributed by atoms with van der Waals surface area (Å²) in [6.07, 6.45) is 8.62. The molecule has 4 aliphatic rings. The van der Waals surface area contributed by atoms with Gasteiger partial charge in [-0.2, -0.15) is 0 Å². The van der Waals surface area contributed by atoms with Crippen molar-refractivity contribution in [2.45, 2.75) is 51.9 Å². The molecule has 4 saturated carbocycles. The fourth-order valence-electron chi connectivity index (χ4n) is 6.15. The summed E-state index contributed by atoms with van der Waals surface area (Å²) in [4.78, 5) is 24.3. The largest absolute Gasteiger partial charge is 0.484 e. The highest BCUT2D eigenvalue weighted by Gasteiger charge is 2.51. The van der Waals surface area contributed by atoms with Crippen molar-refractivity contribution in [3.8, 4) is 5.75 Å². The molecule has 0 saturated heterocycles. The van der Waals surface area contributed by atoms with Gasteiger partial charge >= 0.3 is 0 Å². The Morgan fingerprint density at radius 1 is 0.929 bits per heavy atom. The first kappa shape index (κ1) is 19.3. The molecule has 0 unspecified atom stereocenters. The van der Waals surface area contributed by atoms with Crippen LogP contribution in [0.5, 0.6) is 5.75 Å². The standard InChI is InChI=1S/C23H32N2O3/c1-16-2-4-20(5-3-16)28-15-22(27)25-7-6-24-21(26)14-23-11-17-8-18(12-23)10-19(9-17)13-23/h2-5,17-19H,6-15H2,1H3,(H,24,26)(H,25,27). The number of ether oxygens (including phenoxy) is 1. The second-order valence-corrected chi connectivity index (χ2v) is 9.40. The van der Waals surface area contributed by atoms with E-state index in [2.05, 4.69) is 10.6 Å². The van der Waals surface area contributed by atoms with Gasteiger partial charge in [-0.1, -0.05) is 17.7 Å². The third-order valence-corrected chi connectivity index (χ3v) is 6.86. The quantitative estimate of drug-likeness (QED) is 0.676. The Bertz CT molecular complexity index is 678. The summed E-state index contributed by atoms with van der Waals surface area (Å²) in [6, 6.07) is 7.61. The molecule has 0 aromatic heterocycles. The minimum atomic E-state index is -0.170. The van der Waals surface area contributed by atoms with Crippen molar-refractivity contribution in [2.75, 3.05) is 19.7 Å². The minimum Gasteiger partial charge on any atom is -0.484 e. The number of rotatable bonds is 8. The molecule has 5 heteroatoms. The van der Waals surface area contributed by atoms with Crippen LogP contribution in [0, 0.1) is 30.1 Å². The molecule has 4 bridgehead atoms. The molecule has 4 fully saturated rings. The van der Waals surface area contributed by atoms with E-state index in [9.17, 15) is 9.59 Å². The van der Waals surface area contributed by atoms with Crippen molar-refractivity contribution in [3.63, 3.8) is 0 Å². The highest BCUT2D eigenvalue weighted by Crippen LogP contribution is 2.61. The summed E-state index contributed by atoms with van der Waals surface area (Å²) in [5.74, 6) is 3.26. The first-order chi connectivity index (χ1) is 13.5. The monoisotopic (exact) mass is 384 g/mol. The maximum atomic E-state index is 12.5. The van der Waals surface area contributed by atoms with Crippen molar-refractivity contribution >= 4 is 11.8 Å². The molecule has 1 aromatic rings. The van der Waals surface area contributed by atoms with Crippen LogP contribution in [0.15, 0.2) is 24.3 Å². The first-order valence-electron chi connectivity index (χ1n) is 10.7. The van der Waals surface area contributed by atoms with E-state index >= 15 is 0 Å². The fourth-order valence-corrected chi connectivity index (χ4v) is 6.15. The molecule has 28 heavy (non-hydrogen) atoms. The van der Waals surface area contributed by atoms with Crippen LogP contribution in [0.25, 0.3) is 0 Å². The van der Waals surface area contributed by atoms with Gasteiger partial charge in [0.15, 0.2) is 6.61 Å². The Hall–Kier alpha value is -2.04. The van der Waals surface area contributed by atoms with Crippen molar-refractivity contribution < 1.29 is 14.3 Å². The molecular formula is C23H32N2O3. The van der Waals surface area contributed by atoms with Gasteiger partial charge < -0.3 is 15.4 Å². The van der Waals surface area contributed by atoms with Crippen LogP contribution in [0.4, 0.5) is 0 Å². The lowest BCUT2D eigenvalue weighted by Crippen LogP contribution is -2.48. The molecule has 152 valence electrons. The number of carbonyl (C=O) groups excluding carboxylic acids is 2. The Balaban J connectivity index is 1.12. The maximum absolute atomic E-state index is 12.5. The number of hydrogen-bond acceptors (Lipinski definition) is 3. The van der Waals surface area contributed by atoms with Crippen molar-refractivity contribution in [2.24, 2.45) is 23.2 Å². The van der Waals surface area contributed by atoms with E-state index in [-0.39, 0.29) is 23.8 Å². The molecule has 1 aromatic carbocycles. The zero-order valence-corrected chi connectivity index (χ0v) is 16.8. The van der Waals surface area contributed by atoms with Crippen LogP contribution in [0.2, 0.25) is 0 Å². The van der Waals surface area contributed by atoms with E-state index in [1.807, 2.05) is 31.2 Å².